The van der Waals surface area contributed by atoms with E-state index in [9.17, 15) is 27.6 Å². The van der Waals surface area contributed by atoms with Crippen LogP contribution in [0.25, 0.3) is 5.69 Å². The van der Waals surface area contributed by atoms with E-state index in [0.29, 0.717) is 0 Å². The van der Waals surface area contributed by atoms with Crippen LogP contribution in [-0.2, 0) is 12.8 Å². The summed E-state index contributed by atoms with van der Waals surface area (Å²) < 4.78 is 73.0. The molecule has 0 radical (unpaired) electrons. The molecule has 0 bridgehead atoms. The second-order valence-electron chi connectivity index (χ2n) is 7.61. The second kappa shape index (κ2) is 8.19. The summed E-state index contributed by atoms with van der Waals surface area (Å²) in [6, 6.07) is 4.47. The largest absolute Gasteiger partial charge is 0.303 e. The van der Waals surface area contributed by atoms with Gasteiger partial charge in [0.05, 0.1) is 29.2 Å². The van der Waals surface area contributed by atoms with Crippen LogP contribution in [0.3, 0.4) is 0 Å². The Morgan fingerprint density at radius 3 is 2.66 bits per heavy atom. The Morgan fingerprint density at radius 2 is 2.03 bits per heavy atom. The molecule has 164 valence electrons. The van der Waals surface area contributed by atoms with E-state index in [1.807, 2.05) is 0 Å². The maximum absolute atomic E-state index is 15.1. The molecule has 0 amide bonds. The van der Waals surface area contributed by atoms with Crippen molar-refractivity contribution < 1.29 is 26.7 Å². The Bertz CT molecular complexity index is 1250. The van der Waals surface area contributed by atoms with Gasteiger partial charge in [-0.3, -0.25) is 4.79 Å². The predicted molar refractivity (Wildman–Crippen MR) is 105 cm³/mol. The van der Waals surface area contributed by atoms with Gasteiger partial charge in [-0.15, -0.1) is 0 Å². The topological polar surface area (TPSA) is 58.7 Å². The van der Waals surface area contributed by atoms with E-state index in [0.717, 1.165) is 25.1 Å². The number of carbonyl (C=O) groups excluding carboxylic acids is 1. The number of aromatic nitrogens is 2. The van der Waals surface area contributed by atoms with E-state index in [2.05, 4.69) is 4.98 Å². The molecule has 1 heterocycles. The lowest BCUT2D eigenvalue weighted by Crippen LogP contribution is -2.13. The van der Waals surface area contributed by atoms with Crippen LogP contribution in [0.4, 0.5) is 22.0 Å². The lowest BCUT2D eigenvalue weighted by atomic mass is 9.88. The monoisotopic (exact) mass is 445 g/mol. The average Bonchev–Trinajstić information content (AvgIpc) is 3.38. The molecule has 0 saturated carbocycles. The average molecular weight is 445 g/mol. The number of hydrogen-bond donors (Lipinski definition) is 0. The van der Waals surface area contributed by atoms with Crippen LogP contribution in [0.1, 0.15) is 51.3 Å². The molecule has 0 spiro atoms. The number of carbonyl (C=O) groups is 1. The quantitative estimate of drug-likeness (QED) is 0.516. The lowest BCUT2D eigenvalue weighted by Gasteiger charge is -2.19. The number of ketones is 1. The smallest absolute Gasteiger partial charge is 0.199 e. The van der Waals surface area contributed by atoms with Crippen LogP contribution in [0.2, 0.25) is 0 Å². The first kappa shape index (κ1) is 21.7. The van der Waals surface area contributed by atoms with Crippen molar-refractivity contribution in [3.8, 4) is 11.8 Å². The van der Waals surface area contributed by atoms with Gasteiger partial charge in [0.15, 0.2) is 18.1 Å². The third kappa shape index (κ3) is 3.55. The molecule has 3 aromatic rings. The van der Waals surface area contributed by atoms with E-state index >= 15 is 4.39 Å². The number of rotatable bonds is 5. The van der Waals surface area contributed by atoms with Gasteiger partial charge < -0.3 is 4.57 Å². The number of halogens is 5. The zero-order valence-corrected chi connectivity index (χ0v) is 16.8. The van der Waals surface area contributed by atoms with E-state index in [-0.39, 0.29) is 51.9 Å². The Morgan fingerprint density at radius 1 is 1.28 bits per heavy atom. The number of hydrogen-bond acceptors (Lipinski definition) is 3. The summed E-state index contributed by atoms with van der Waals surface area (Å²) in [7, 11) is 0. The molecule has 0 aliphatic heterocycles. The molecular formula is C23H16F5N3O. The van der Waals surface area contributed by atoms with Crippen LogP contribution in [0.15, 0.2) is 36.9 Å². The minimum Gasteiger partial charge on any atom is -0.303 e. The van der Waals surface area contributed by atoms with Gasteiger partial charge in [0.2, 0.25) is 0 Å². The zero-order chi connectivity index (χ0) is 23.2. The Kier molecular flexibility index (Phi) is 5.55. The zero-order valence-electron chi connectivity index (χ0n) is 16.8. The molecule has 0 saturated heterocycles. The fourth-order valence-electron chi connectivity index (χ4n) is 4.10. The standard InChI is InChI=1S/C23H16F5N3O/c1-11(24)21(28)17-7-14(25)4-13(9-29)15(17)5-12-6-18(26)22(31-3-2-30-10-31)20-16(12)8-19(27)23(20)32/h2-4,6-7,10-11,19,21H,5,8H2,1H3. The number of benzene rings is 2. The maximum atomic E-state index is 15.1. The molecule has 0 N–H and O–H groups in total. The molecular weight excluding hydrogens is 429 g/mol. The third-order valence-corrected chi connectivity index (χ3v) is 5.57. The number of imidazole rings is 1. The highest BCUT2D eigenvalue weighted by Gasteiger charge is 2.37. The highest BCUT2D eigenvalue weighted by molar-refractivity contribution is 6.07. The van der Waals surface area contributed by atoms with Crippen molar-refractivity contribution in [3.05, 3.63) is 81.9 Å². The minimum absolute atomic E-state index is 0.0439. The summed E-state index contributed by atoms with van der Waals surface area (Å²) in [6.45, 7) is 0.953. The van der Waals surface area contributed by atoms with Crippen LogP contribution >= 0.6 is 0 Å². The summed E-state index contributed by atoms with van der Waals surface area (Å²) >= 11 is 0. The van der Waals surface area contributed by atoms with Crippen molar-refractivity contribution in [2.45, 2.75) is 38.3 Å². The summed E-state index contributed by atoms with van der Waals surface area (Å²) in [5, 5.41) is 9.44. The first-order valence-corrected chi connectivity index (χ1v) is 9.74. The fourth-order valence-corrected chi connectivity index (χ4v) is 4.10. The van der Waals surface area contributed by atoms with E-state index in [1.165, 1.54) is 23.3 Å². The molecule has 1 aliphatic carbocycles. The third-order valence-electron chi connectivity index (χ3n) is 5.57. The van der Waals surface area contributed by atoms with Crippen molar-refractivity contribution in [1.29, 1.82) is 5.26 Å². The highest BCUT2D eigenvalue weighted by atomic mass is 19.2. The first-order valence-electron chi connectivity index (χ1n) is 9.74. The number of Topliss-reactive ketones (excluding diaryl/α,β-unsaturated/α-hetero) is 1. The summed E-state index contributed by atoms with van der Waals surface area (Å²) in [5.74, 6) is -2.67. The first-order chi connectivity index (χ1) is 15.2. The molecule has 2 aromatic carbocycles. The van der Waals surface area contributed by atoms with Gasteiger partial charge in [-0.05, 0) is 53.8 Å². The number of alkyl halides is 3. The summed E-state index contributed by atoms with van der Waals surface area (Å²) in [5.41, 5.74) is -0.663. The second-order valence-corrected chi connectivity index (χ2v) is 7.61. The SMILES string of the molecule is CC(F)C(F)c1cc(F)cc(C#N)c1Cc1cc(F)c(-n2ccnc2)c2c1CC(F)C2=O. The molecule has 4 rings (SSSR count). The van der Waals surface area contributed by atoms with Crippen molar-refractivity contribution in [1.82, 2.24) is 9.55 Å². The molecule has 0 fully saturated rings. The molecule has 4 nitrogen and oxygen atoms in total. The van der Waals surface area contributed by atoms with Crippen LogP contribution in [-0.4, -0.2) is 27.7 Å². The van der Waals surface area contributed by atoms with Gasteiger partial charge in [-0.1, -0.05) is 0 Å². The normalized spacial score (nSPS) is 17.2. The fraction of sp³-hybridized carbons (Fsp3) is 0.261. The summed E-state index contributed by atoms with van der Waals surface area (Å²) in [4.78, 5) is 16.3. The van der Waals surface area contributed by atoms with Gasteiger partial charge in [0, 0.05) is 18.8 Å². The molecule has 1 aliphatic rings. The number of nitriles is 1. The van der Waals surface area contributed by atoms with E-state index < -0.39 is 35.9 Å². The minimum atomic E-state index is -2.23. The van der Waals surface area contributed by atoms with Gasteiger partial charge in [-0.2, -0.15) is 5.26 Å². The van der Waals surface area contributed by atoms with Crippen molar-refractivity contribution in [2.24, 2.45) is 0 Å². The Balaban J connectivity index is 1.92. The number of nitrogens with zero attached hydrogens (tertiary/aromatic N) is 3. The van der Waals surface area contributed by atoms with E-state index in [4.69, 9.17) is 0 Å². The number of fused-ring (bicyclic) bond motifs is 1. The maximum Gasteiger partial charge on any atom is 0.199 e. The molecule has 3 atom stereocenters. The highest BCUT2D eigenvalue weighted by Crippen LogP contribution is 2.37. The van der Waals surface area contributed by atoms with Crippen molar-refractivity contribution >= 4 is 5.78 Å². The van der Waals surface area contributed by atoms with Crippen molar-refractivity contribution in [3.63, 3.8) is 0 Å². The molecule has 3 unspecified atom stereocenters. The van der Waals surface area contributed by atoms with Gasteiger partial charge >= 0.3 is 0 Å². The Hall–Kier alpha value is -3.54. The summed E-state index contributed by atoms with van der Waals surface area (Å²) in [6.07, 6.45) is -2.72. The van der Waals surface area contributed by atoms with Gasteiger partial charge in [-0.25, -0.2) is 26.9 Å². The van der Waals surface area contributed by atoms with Crippen LogP contribution in [0.5, 0.6) is 0 Å². The molecule has 9 heteroatoms. The van der Waals surface area contributed by atoms with E-state index in [1.54, 1.807) is 6.07 Å². The Labute approximate surface area is 179 Å². The molecule has 32 heavy (non-hydrogen) atoms. The van der Waals surface area contributed by atoms with Crippen LogP contribution in [0, 0.1) is 23.0 Å². The van der Waals surface area contributed by atoms with Crippen LogP contribution < -0.4 is 0 Å². The predicted octanol–water partition coefficient (Wildman–Crippen LogP) is 5.06. The lowest BCUT2D eigenvalue weighted by molar-refractivity contribution is 0.0898. The van der Waals surface area contributed by atoms with Gasteiger partial charge in [0.1, 0.15) is 17.8 Å². The molecule has 1 aromatic heterocycles. The van der Waals surface area contributed by atoms with Gasteiger partial charge in [0.25, 0.3) is 0 Å². The van der Waals surface area contributed by atoms with Crippen molar-refractivity contribution in [2.75, 3.05) is 0 Å².